The van der Waals surface area contributed by atoms with Crippen molar-refractivity contribution in [3.8, 4) is 11.3 Å². The molecule has 0 atom stereocenters. The van der Waals surface area contributed by atoms with Gasteiger partial charge in [0.15, 0.2) is 0 Å². The number of rotatable bonds is 7. The highest BCUT2D eigenvalue weighted by molar-refractivity contribution is 7.08. The van der Waals surface area contributed by atoms with Crippen LogP contribution in [0.4, 0.5) is 10.5 Å². The molecule has 1 fully saturated rings. The van der Waals surface area contributed by atoms with Gasteiger partial charge in [0.25, 0.3) is 0 Å². The second-order valence-corrected chi connectivity index (χ2v) is 7.21. The van der Waals surface area contributed by atoms with E-state index in [0.29, 0.717) is 12.2 Å². The number of carbonyl (C=O) groups excluding carboxylic acids is 1. The van der Waals surface area contributed by atoms with Crippen LogP contribution >= 0.6 is 11.3 Å². The van der Waals surface area contributed by atoms with E-state index in [2.05, 4.69) is 25.9 Å². The number of amides is 2. The smallest absolute Gasteiger partial charge is 0.319 e. The molecule has 1 saturated heterocycles. The monoisotopic (exact) mass is 358 g/mol. The van der Waals surface area contributed by atoms with Crippen molar-refractivity contribution in [2.24, 2.45) is 0 Å². The zero-order valence-electron chi connectivity index (χ0n) is 14.5. The molecule has 2 aromatic heterocycles. The molecule has 3 rings (SSSR count). The highest BCUT2D eigenvalue weighted by Crippen LogP contribution is 2.20. The van der Waals surface area contributed by atoms with Crippen LogP contribution in [0, 0.1) is 0 Å². The number of unbranched alkanes of at least 4 members (excludes halogenated alkanes) is 1. The minimum Gasteiger partial charge on any atom is -0.338 e. The highest BCUT2D eigenvalue weighted by atomic mass is 32.1. The van der Waals surface area contributed by atoms with Gasteiger partial charge in [-0.3, -0.25) is 4.98 Å². The molecule has 5 nitrogen and oxygen atoms in total. The summed E-state index contributed by atoms with van der Waals surface area (Å²) in [7, 11) is 0. The first-order chi connectivity index (χ1) is 12.3. The van der Waals surface area contributed by atoms with Gasteiger partial charge in [-0.15, -0.1) is 0 Å². The molecule has 0 bridgehead atoms. The molecule has 6 heteroatoms. The Labute approximate surface area is 153 Å². The predicted molar refractivity (Wildman–Crippen MR) is 104 cm³/mol. The third kappa shape index (κ3) is 5.83. The summed E-state index contributed by atoms with van der Waals surface area (Å²) in [6.45, 7) is 4.34. The van der Waals surface area contributed by atoms with Gasteiger partial charge in [0.2, 0.25) is 0 Å². The quantitative estimate of drug-likeness (QED) is 0.730. The number of anilines is 1. The first kappa shape index (κ1) is 17.9. The summed E-state index contributed by atoms with van der Waals surface area (Å²) in [6, 6.07) is 5.69. The Morgan fingerprint density at radius 1 is 1.16 bits per heavy atom. The van der Waals surface area contributed by atoms with Gasteiger partial charge in [-0.1, -0.05) is 6.42 Å². The Morgan fingerprint density at radius 2 is 2.04 bits per heavy atom. The number of nitrogens with one attached hydrogen (secondary N) is 2. The number of thiophene rings is 1. The van der Waals surface area contributed by atoms with Crippen LogP contribution in [-0.2, 0) is 0 Å². The van der Waals surface area contributed by atoms with Crippen LogP contribution in [0.1, 0.15) is 32.1 Å². The van der Waals surface area contributed by atoms with Crippen molar-refractivity contribution in [2.75, 3.05) is 31.5 Å². The van der Waals surface area contributed by atoms with E-state index < -0.39 is 0 Å². The Bertz CT molecular complexity index is 636. The second-order valence-electron chi connectivity index (χ2n) is 6.43. The molecular formula is C19H26N4OS. The molecule has 2 N–H and O–H groups in total. The topological polar surface area (TPSA) is 57.3 Å². The molecule has 1 aliphatic rings. The third-order valence-electron chi connectivity index (χ3n) is 4.47. The van der Waals surface area contributed by atoms with Crippen molar-refractivity contribution in [1.82, 2.24) is 15.2 Å². The van der Waals surface area contributed by atoms with Gasteiger partial charge in [0.1, 0.15) is 0 Å². The molecule has 0 radical (unpaired) electrons. The first-order valence-electron chi connectivity index (χ1n) is 9.07. The molecule has 0 aromatic carbocycles. The van der Waals surface area contributed by atoms with Crippen molar-refractivity contribution >= 4 is 23.1 Å². The van der Waals surface area contributed by atoms with Crippen LogP contribution < -0.4 is 10.6 Å². The first-order valence-corrected chi connectivity index (χ1v) is 10.0. The molecule has 0 spiro atoms. The molecule has 0 saturated carbocycles. The van der Waals surface area contributed by atoms with Crippen LogP contribution in [0.15, 0.2) is 35.2 Å². The minimum absolute atomic E-state index is 0.164. The molecule has 25 heavy (non-hydrogen) atoms. The number of nitrogens with zero attached hydrogens (tertiary/aromatic N) is 2. The molecule has 2 amide bonds. The number of pyridine rings is 1. The fourth-order valence-corrected chi connectivity index (χ4v) is 3.72. The van der Waals surface area contributed by atoms with E-state index in [1.54, 1.807) is 17.5 Å². The molecule has 0 aliphatic carbocycles. The average molecular weight is 359 g/mol. The van der Waals surface area contributed by atoms with Crippen LogP contribution in [0.25, 0.3) is 11.3 Å². The Kier molecular flexibility index (Phi) is 6.82. The zero-order chi connectivity index (χ0) is 17.3. The number of piperidine rings is 1. The van der Waals surface area contributed by atoms with Crippen LogP contribution in [-0.4, -0.2) is 42.1 Å². The predicted octanol–water partition coefficient (Wildman–Crippen LogP) is 4.20. The summed E-state index contributed by atoms with van der Waals surface area (Å²) in [5, 5.41) is 9.84. The van der Waals surface area contributed by atoms with Crippen molar-refractivity contribution in [3.63, 3.8) is 0 Å². The van der Waals surface area contributed by atoms with Crippen molar-refractivity contribution in [1.29, 1.82) is 0 Å². The lowest BCUT2D eigenvalue weighted by molar-refractivity contribution is 0.224. The molecular weight excluding hydrogens is 332 g/mol. The van der Waals surface area contributed by atoms with E-state index in [0.717, 1.165) is 30.6 Å². The van der Waals surface area contributed by atoms with E-state index in [1.807, 2.05) is 23.6 Å². The van der Waals surface area contributed by atoms with Gasteiger partial charge in [-0.2, -0.15) is 11.3 Å². The molecule has 134 valence electrons. The number of hydrogen-bond donors (Lipinski definition) is 2. The van der Waals surface area contributed by atoms with E-state index in [9.17, 15) is 4.79 Å². The lowest BCUT2D eigenvalue weighted by Gasteiger charge is -2.26. The van der Waals surface area contributed by atoms with E-state index in [-0.39, 0.29) is 6.03 Å². The summed E-state index contributed by atoms with van der Waals surface area (Å²) >= 11 is 1.65. The summed E-state index contributed by atoms with van der Waals surface area (Å²) in [6.07, 6.45) is 7.89. The molecule has 3 heterocycles. The van der Waals surface area contributed by atoms with Crippen LogP contribution in [0.3, 0.4) is 0 Å². The number of carbonyl (C=O) groups is 1. The maximum atomic E-state index is 11.9. The number of urea groups is 1. The Morgan fingerprint density at radius 3 is 2.76 bits per heavy atom. The van der Waals surface area contributed by atoms with E-state index >= 15 is 0 Å². The molecule has 0 unspecified atom stereocenters. The van der Waals surface area contributed by atoms with Gasteiger partial charge in [0, 0.05) is 17.5 Å². The number of likely N-dealkylation sites (tertiary alicyclic amines) is 1. The number of hydrogen-bond acceptors (Lipinski definition) is 4. The Hall–Kier alpha value is -1.92. The normalized spacial score (nSPS) is 15.0. The largest absolute Gasteiger partial charge is 0.338 e. The summed E-state index contributed by atoms with van der Waals surface area (Å²) in [4.78, 5) is 18.9. The maximum Gasteiger partial charge on any atom is 0.319 e. The number of aromatic nitrogens is 1. The van der Waals surface area contributed by atoms with Gasteiger partial charge < -0.3 is 15.5 Å². The van der Waals surface area contributed by atoms with Gasteiger partial charge in [-0.25, -0.2) is 4.79 Å². The van der Waals surface area contributed by atoms with Crippen molar-refractivity contribution in [2.45, 2.75) is 32.1 Å². The van der Waals surface area contributed by atoms with Gasteiger partial charge >= 0.3 is 6.03 Å². The van der Waals surface area contributed by atoms with E-state index in [1.165, 1.54) is 32.4 Å². The lowest BCUT2D eigenvalue weighted by Crippen LogP contribution is -2.32. The molecule has 2 aromatic rings. The fraction of sp³-hybridized carbons (Fsp3) is 0.474. The van der Waals surface area contributed by atoms with Crippen molar-refractivity contribution in [3.05, 3.63) is 35.2 Å². The van der Waals surface area contributed by atoms with Gasteiger partial charge in [0.05, 0.1) is 17.6 Å². The Balaban J connectivity index is 1.32. The van der Waals surface area contributed by atoms with Gasteiger partial charge in [-0.05, 0) is 68.9 Å². The fourth-order valence-electron chi connectivity index (χ4n) is 3.07. The third-order valence-corrected chi connectivity index (χ3v) is 5.16. The lowest BCUT2D eigenvalue weighted by atomic mass is 10.1. The summed E-state index contributed by atoms with van der Waals surface area (Å²) in [5.41, 5.74) is 2.74. The van der Waals surface area contributed by atoms with Crippen LogP contribution in [0.5, 0.6) is 0 Å². The average Bonchev–Trinajstić information content (AvgIpc) is 3.18. The minimum atomic E-state index is -0.164. The maximum absolute atomic E-state index is 11.9. The van der Waals surface area contributed by atoms with E-state index in [4.69, 9.17) is 0 Å². The summed E-state index contributed by atoms with van der Waals surface area (Å²) < 4.78 is 0. The second kappa shape index (κ2) is 9.53. The zero-order valence-corrected chi connectivity index (χ0v) is 15.4. The highest BCUT2D eigenvalue weighted by Gasteiger charge is 2.09. The standard InChI is InChI=1S/C19H26N4OS/c24-19(20-9-2-5-12-23-10-3-1-4-11-23)22-17-6-7-18(21-14-17)16-8-13-25-15-16/h6-8,13-15H,1-5,9-12H2,(H2,20,22,24). The van der Waals surface area contributed by atoms with Crippen LogP contribution in [0.2, 0.25) is 0 Å². The SMILES string of the molecule is O=C(NCCCCN1CCCCC1)Nc1ccc(-c2ccsc2)nc1. The molecule has 1 aliphatic heterocycles. The van der Waals surface area contributed by atoms with Crippen molar-refractivity contribution < 1.29 is 4.79 Å². The summed E-state index contributed by atoms with van der Waals surface area (Å²) in [5.74, 6) is 0.